The van der Waals surface area contributed by atoms with Crippen LogP contribution in [0.3, 0.4) is 0 Å². The van der Waals surface area contributed by atoms with Gasteiger partial charge >= 0.3 is 0 Å². The summed E-state index contributed by atoms with van der Waals surface area (Å²) in [5.74, 6) is -1.47. The Labute approximate surface area is 144 Å². The molecular formula is C18H19F2N3O2. The van der Waals surface area contributed by atoms with Gasteiger partial charge in [-0.3, -0.25) is 14.7 Å². The van der Waals surface area contributed by atoms with Crippen LogP contribution in [0, 0.1) is 11.6 Å². The summed E-state index contributed by atoms with van der Waals surface area (Å²) >= 11 is 0. The highest BCUT2D eigenvalue weighted by molar-refractivity contribution is 5.94. The van der Waals surface area contributed by atoms with Crippen LogP contribution in [-0.4, -0.2) is 58.5 Å². The minimum atomic E-state index is -1.04. The molecule has 1 N–H and O–H groups in total. The molecule has 1 fully saturated rings. The molecule has 1 amide bonds. The van der Waals surface area contributed by atoms with Gasteiger partial charge in [-0.2, -0.15) is 0 Å². The van der Waals surface area contributed by atoms with Crippen molar-refractivity contribution < 1.29 is 18.7 Å². The molecule has 1 saturated heterocycles. The van der Waals surface area contributed by atoms with E-state index in [9.17, 15) is 18.7 Å². The molecule has 2 heterocycles. The van der Waals surface area contributed by atoms with Crippen molar-refractivity contribution in [3.63, 3.8) is 0 Å². The highest BCUT2D eigenvalue weighted by Crippen LogP contribution is 2.20. The van der Waals surface area contributed by atoms with Gasteiger partial charge in [0.05, 0.1) is 6.10 Å². The fraction of sp³-hybridized carbons (Fsp3) is 0.333. The highest BCUT2D eigenvalue weighted by atomic mass is 19.1. The monoisotopic (exact) mass is 347 g/mol. The molecule has 7 heteroatoms. The van der Waals surface area contributed by atoms with Crippen LogP contribution in [0.2, 0.25) is 0 Å². The summed E-state index contributed by atoms with van der Waals surface area (Å²) in [6, 6.07) is 6.51. The number of amides is 1. The molecule has 1 atom stereocenters. The standard InChI is InChI=1S/C18H19F2N3O2/c19-14-1-2-15(16(20)11-14)17(24)12-22-7-9-23(10-8-22)18(25)13-3-5-21-6-4-13/h1-6,11,17,24H,7-10,12H2. The summed E-state index contributed by atoms with van der Waals surface area (Å²) in [6.07, 6.45) is 2.12. The second kappa shape index (κ2) is 7.67. The number of aromatic nitrogens is 1. The van der Waals surface area contributed by atoms with Gasteiger partial charge in [-0.25, -0.2) is 8.78 Å². The van der Waals surface area contributed by atoms with Gasteiger partial charge < -0.3 is 10.0 Å². The lowest BCUT2D eigenvalue weighted by molar-refractivity contribution is 0.0522. The van der Waals surface area contributed by atoms with Gasteiger partial charge in [0.15, 0.2) is 0 Å². The first-order valence-corrected chi connectivity index (χ1v) is 8.09. The van der Waals surface area contributed by atoms with Crippen LogP contribution in [0.5, 0.6) is 0 Å². The van der Waals surface area contributed by atoms with Gasteiger partial charge in [-0.1, -0.05) is 6.07 Å². The molecule has 0 bridgehead atoms. The third-order valence-electron chi connectivity index (χ3n) is 4.34. The van der Waals surface area contributed by atoms with E-state index in [-0.39, 0.29) is 18.0 Å². The molecule has 1 aliphatic rings. The Balaban J connectivity index is 1.55. The van der Waals surface area contributed by atoms with Crippen LogP contribution in [0.25, 0.3) is 0 Å². The van der Waals surface area contributed by atoms with Gasteiger partial charge in [0.2, 0.25) is 0 Å². The number of rotatable bonds is 4. The average molecular weight is 347 g/mol. The highest BCUT2D eigenvalue weighted by Gasteiger charge is 2.24. The Morgan fingerprint density at radius 2 is 1.80 bits per heavy atom. The molecule has 1 aromatic carbocycles. The largest absolute Gasteiger partial charge is 0.387 e. The number of aliphatic hydroxyl groups is 1. The third kappa shape index (κ3) is 4.18. The van der Waals surface area contributed by atoms with Crippen molar-refractivity contribution in [3.8, 4) is 0 Å². The van der Waals surface area contributed by atoms with Gasteiger partial charge in [-0.05, 0) is 18.2 Å². The van der Waals surface area contributed by atoms with E-state index >= 15 is 0 Å². The van der Waals surface area contributed by atoms with Gasteiger partial charge in [0.1, 0.15) is 11.6 Å². The molecule has 1 aliphatic heterocycles. The summed E-state index contributed by atoms with van der Waals surface area (Å²) < 4.78 is 26.7. The Morgan fingerprint density at radius 1 is 1.12 bits per heavy atom. The SMILES string of the molecule is O=C(c1ccncc1)N1CCN(CC(O)c2ccc(F)cc2F)CC1. The molecule has 132 valence electrons. The number of carbonyl (C=O) groups excluding carboxylic acids is 1. The molecule has 0 radical (unpaired) electrons. The second-order valence-corrected chi connectivity index (χ2v) is 6.01. The predicted octanol–water partition coefficient (Wildman–Crippen LogP) is 1.85. The van der Waals surface area contributed by atoms with E-state index in [1.807, 2.05) is 4.90 Å². The molecule has 0 spiro atoms. The van der Waals surface area contributed by atoms with Crippen molar-refractivity contribution in [2.45, 2.75) is 6.10 Å². The van der Waals surface area contributed by atoms with Gasteiger partial charge in [0, 0.05) is 62.3 Å². The van der Waals surface area contributed by atoms with E-state index in [0.29, 0.717) is 31.7 Å². The maximum Gasteiger partial charge on any atom is 0.254 e. The van der Waals surface area contributed by atoms with Crippen molar-refractivity contribution in [3.05, 3.63) is 65.5 Å². The number of hydrogen-bond donors (Lipinski definition) is 1. The van der Waals surface area contributed by atoms with Gasteiger partial charge in [0.25, 0.3) is 5.91 Å². The maximum absolute atomic E-state index is 13.7. The lowest BCUT2D eigenvalue weighted by atomic mass is 10.1. The number of nitrogens with zero attached hydrogens (tertiary/aromatic N) is 3. The molecule has 25 heavy (non-hydrogen) atoms. The Morgan fingerprint density at radius 3 is 2.44 bits per heavy atom. The van der Waals surface area contributed by atoms with Crippen LogP contribution in [0.1, 0.15) is 22.0 Å². The maximum atomic E-state index is 13.7. The summed E-state index contributed by atoms with van der Waals surface area (Å²) in [6.45, 7) is 2.45. The van der Waals surface area contributed by atoms with Crippen LogP contribution in [0.4, 0.5) is 8.78 Å². The molecular weight excluding hydrogens is 328 g/mol. The van der Waals surface area contributed by atoms with Crippen molar-refractivity contribution in [1.29, 1.82) is 0 Å². The number of piperazine rings is 1. The molecule has 5 nitrogen and oxygen atoms in total. The molecule has 2 aromatic rings. The van der Waals surface area contributed by atoms with Crippen LogP contribution in [0.15, 0.2) is 42.7 Å². The molecule has 1 aromatic heterocycles. The lowest BCUT2D eigenvalue weighted by Gasteiger charge is -2.35. The first-order valence-electron chi connectivity index (χ1n) is 8.09. The third-order valence-corrected chi connectivity index (χ3v) is 4.34. The average Bonchev–Trinajstić information content (AvgIpc) is 2.62. The first-order chi connectivity index (χ1) is 12.0. The number of aliphatic hydroxyl groups excluding tert-OH is 1. The Bertz CT molecular complexity index is 734. The molecule has 3 rings (SSSR count). The molecule has 1 unspecified atom stereocenters. The van der Waals surface area contributed by atoms with Crippen LogP contribution >= 0.6 is 0 Å². The van der Waals surface area contributed by atoms with Crippen LogP contribution < -0.4 is 0 Å². The minimum absolute atomic E-state index is 0.0489. The first kappa shape index (κ1) is 17.4. The van der Waals surface area contributed by atoms with Crippen molar-refractivity contribution in [1.82, 2.24) is 14.8 Å². The van der Waals surface area contributed by atoms with E-state index < -0.39 is 17.7 Å². The normalized spacial score (nSPS) is 16.7. The summed E-state index contributed by atoms with van der Waals surface area (Å²) in [5.41, 5.74) is 0.675. The number of benzene rings is 1. The topological polar surface area (TPSA) is 56.7 Å². The number of hydrogen-bond acceptors (Lipinski definition) is 4. The Kier molecular flexibility index (Phi) is 5.35. The van der Waals surface area contributed by atoms with E-state index in [2.05, 4.69) is 4.98 Å². The smallest absolute Gasteiger partial charge is 0.254 e. The summed E-state index contributed by atoms with van der Waals surface area (Å²) in [5, 5.41) is 10.2. The fourth-order valence-corrected chi connectivity index (χ4v) is 2.93. The molecule has 0 aliphatic carbocycles. The number of β-amino-alcohol motifs (C(OH)–C–C–N with tert-alkyl or cyclic N) is 1. The van der Waals surface area contributed by atoms with Crippen molar-refractivity contribution in [2.75, 3.05) is 32.7 Å². The lowest BCUT2D eigenvalue weighted by Crippen LogP contribution is -2.49. The van der Waals surface area contributed by atoms with E-state index in [1.54, 1.807) is 29.4 Å². The Hall–Kier alpha value is -2.38. The van der Waals surface area contributed by atoms with E-state index in [0.717, 1.165) is 12.1 Å². The predicted molar refractivity (Wildman–Crippen MR) is 87.9 cm³/mol. The quantitative estimate of drug-likeness (QED) is 0.917. The van der Waals surface area contributed by atoms with Gasteiger partial charge in [-0.15, -0.1) is 0 Å². The summed E-state index contributed by atoms with van der Waals surface area (Å²) in [4.78, 5) is 20.0. The fourth-order valence-electron chi connectivity index (χ4n) is 2.93. The number of carbonyl (C=O) groups is 1. The zero-order valence-corrected chi connectivity index (χ0v) is 13.6. The van der Waals surface area contributed by atoms with Crippen molar-refractivity contribution in [2.24, 2.45) is 0 Å². The second-order valence-electron chi connectivity index (χ2n) is 6.01. The zero-order valence-electron chi connectivity index (χ0n) is 13.6. The summed E-state index contributed by atoms with van der Waals surface area (Å²) in [7, 11) is 0. The molecule has 0 saturated carbocycles. The number of pyridine rings is 1. The minimum Gasteiger partial charge on any atom is -0.387 e. The van der Waals surface area contributed by atoms with Crippen molar-refractivity contribution >= 4 is 5.91 Å². The number of halogens is 2. The van der Waals surface area contributed by atoms with Crippen LogP contribution in [-0.2, 0) is 0 Å². The van der Waals surface area contributed by atoms with E-state index in [4.69, 9.17) is 0 Å². The van der Waals surface area contributed by atoms with E-state index in [1.165, 1.54) is 6.07 Å². The zero-order chi connectivity index (χ0) is 17.8.